The molecular weight excluding hydrogens is 391 g/mol. The number of aromatic nitrogens is 3. The van der Waals surface area contributed by atoms with E-state index < -0.39 is 0 Å². The van der Waals surface area contributed by atoms with Gasteiger partial charge in [0.25, 0.3) is 0 Å². The maximum atomic E-state index is 12.7. The number of benzene rings is 1. The molecule has 0 amide bonds. The Morgan fingerprint density at radius 2 is 1.96 bits per heavy atom. The van der Waals surface area contributed by atoms with Gasteiger partial charge in [0.05, 0.1) is 23.4 Å². The number of nitrogens with two attached hydrogens (primary N) is 1. The van der Waals surface area contributed by atoms with E-state index >= 15 is 0 Å². The van der Waals surface area contributed by atoms with E-state index in [0.29, 0.717) is 16.9 Å². The second-order valence-corrected chi connectivity index (χ2v) is 6.76. The van der Waals surface area contributed by atoms with E-state index in [0.717, 1.165) is 15.1 Å². The summed E-state index contributed by atoms with van der Waals surface area (Å²) in [5, 5.41) is 4.00. The highest BCUT2D eigenvalue weighted by Gasteiger charge is 2.10. The average molecular weight is 409 g/mol. The van der Waals surface area contributed by atoms with Crippen LogP contribution in [0.15, 0.2) is 59.4 Å². The van der Waals surface area contributed by atoms with Crippen molar-refractivity contribution in [1.82, 2.24) is 14.3 Å². The monoisotopic (exact) mass is 408 g/mol. The number of halogens is 2. The van der Waals surface area contributed by atoms with E-state index in [1.165, 1.54) is 29.2 Å². The van der Waals surface area contributed by atoms with Gasteiger partial charge in [-0.3, -0.25) is 4.79 Å². The van der Waals surface area contributed by atoms with Gasteiger partial charge in [-0.15, -0.1) is 23.7 Å². The van der Waals surface area contributed by atoms with E-state index in [4.69, 9.17) is 5.73 Å². The van der Waals surface area contributed by atoms with Crippen LogP contribution in [0.25, 0.3) is 16.1 Å². The van der Waals surface area contributed by atoms with Crippen molar-refractivity contribution in [2.45, 2.75) is 13.5 Å². The SMILES string of the molecule is CC(=O)c1ccc(-c2ccc(-n3cnn(C/C(=C\F)CN)c3=O)cc2)s1.Cl. The van der Waals surface area contributed by atoms with E-state index in [9.17, 15) is 14.0 Å². The highest BCUT2D eigenvalue weighted by molar-refractivity contribution is 7.17. The van der Waals surface area contributed by atoms with Crippen LogP contribution in [0, 0.1) is 0 Å². The van der Waals surface area contributed by atoms with E-state index in [-0.39, 0.29) is 42.5 Å². The van der Waals surface area contributed by atoms with Crippen LogP contribution in [0.2, 0.25) is 0 Å². The lowest BCUT2D eigenvalue weighted by atomic mass is 10.1. The second kappa shape index (κ2) is 8.90. The molecule has 0 bridgehead atoms. The molecule has 0 saturated carbocycles. The standard InChI is InChI=1S/C18H17FN4O2S.ClH/c1-12(24)16-6-7-17(26-16)14-2-4-15(5-3-14)22-11-21-23(18(22)25)10-13(8-19)9-20;/h2-8,11H,9-10,20H2,1H3;1H/b13-8-;. The zero-order valence-corrected chi connectivity index (χ0v) is 16.1. The number of carbonyl (C=O) groups is 1. The summed E-state index contributed by atoms with van der Waals surface area (Å²) in [5.41, 5.74) is 6.92. The first-order chi connectivity index (χ1) is 12.5. The summed E-state index contributed by atoms with van der Waals surface area (Å²) in [6.45, 7) is 1.57. The molecule has 0 atom stereocenters. The van der Waals surface area contributed by atoms with Gasteiger partial charge in [-0.25, -0.2) is 18.4 Å². The Kier molecular flexibility index (Phi) is 6.84. The Hall–Kier alpha value is -2.55. The van der Waals surface area contributed by atoms with E-state index in [1.807, 2.05) is 18.2 Å². The molecule has 0 unspecified atom stereocenters. The number of ketones is 1. The van der Waals surface area contributed by atoms with Crippen LogP contribution >= 0.6 is 23.7 Å². The fraction of sp³-hybridized carbons (Fsp3) is 0.167. The third kappa shape index (κ3) is 4.41. The van der Waals surface area contributed by atoms with Crippen molar-refractivity contribution >= 4 is 29.5 Å². The Morgan fingerprint density at radius 3 is 2.52 bits per heavy atom. The van der Waals surface area contributed by atoms with Gasteiger partial charge >= 0.3 is 5.69 Å². The van der Waals surface area contributed by atoms with Crippen LogP contribution in [0.3, 0.4) is 0 Å². The van der Waals surface area contributed by atoms with Crippen LogP contribution < -0.4 is 11.4 Å². The predicted octanol–water partition coefficient (Wildman–Crippen LogP) is 3.20. The molecule has 0 aliphatic carbocycles. The second-order valence-electron chi connectivity index (χ2n) is 5.68. The molecule has 9 heteroatoms. The molecule has 0 radical (unpaired) electrons. The van der Waals surface area contributed by atoms with Crippen LogP contribution in [-0.2, 0) is 6.54 Å². The minimum Gasteiger partial charge on any atom is -0.327 e. The van der Waals surface area contributed by atoms with Gasteiger partial charge in [0.1, 0.15) is 6.33 Å². The number of hydrogen-bond donors (Lipinski definition) is 1. The third-order valence-electron chi connectivity index (χ3n) is 3.89. The number of nitrogens with zero attached hydrogens (tertiary/aromatic N) is 3. The molecular formula is C18H18ClFN4O2S. The molecule has 3 rings (SSSR count). The average Bonchev–Trinajstić information content (AvgIpc) is 3.27. The first-order valence-corrected chi connectivity index (χ1v) is 8.69. The molecule has 0 spiro atoms. The summed E-state index contributed by atoms with van der Waals surface area (Å²) in [6, 6.07) is 11.1. The minimum atomic E-state index is -0.375. The summed E-state index contributed by atoms with van der Waals surface area (Å²) in [7, 11) is 0. The number of hydrogen-bond acceptors (Lipinski definition) is 5. The van der Waals surface area contributed by atoms with E-state index in [1.54, 1.807) is 18.2 Å². The summed E-state index contributed by atoms with van der Waals surface area (Å²) in [4.78, 5) is 25.5. The van der Waals surface area contributed by atoms with Crippen LogP contribution in [0.4, 0.5) is 4.39 Å². The fourth-order valence-corrected chi connectivity index (χ4v) is 3.33. The van der Waals surface area contributed by atoms with Crippen molar-refractivity contribution < 1.29 is 9.18 Å². The molecule has 2 aromatic heterocycles. The number of rotatable bonds is 6. The maximum Gasteiger partial charge on any atom is 0.350 e. The molecule has 3 aromatic rings. The van der Waals surface area contributed by atoms with Crippen molar-refractivity contribution in [3.8, 4) is 16.1 Å². The van der Waals surface area contributed by atoms with Crippen molar-refractivity contribution in [2.75, 3.05) is 6.54 Å². The Balaban J connectivity index is 0.00000261. The largest absolute Gasteiger partial charge is 0.350 e. The normalized spacial score (nSPS) is 11.3. The van der Waals surface area contributed by atoms with Gasteiger partial charge in [0.15, 0.2) is 5.78 Å². The molecule has 142 valence electrons. The van der Waals surface area contributed by atoms with Crippen LogP contribution in [-0.4, -0.2) is 26.7 Å². The number of thiophene rings is 1. The number of Topliss-reactive ketones (excluding diaryl/α,β-unsaturated/α-hetero) is 1. The molecule has 2 heterocycles. The lowest BCUT2D eigenvalue weighted by molar-refractivity contribution is 0.102. The van der Waals surface area contributed by atoms with Gasteiger partial charge in [-0.05, 0) is 42.3 Å². The van der Waals surface area contributed by atoms with Crippen LogP contribution in [0.1, 0.15) is 16.6 Å². The minimum absolute atomic E-state index is 0. The van der Waals surface area contributed by atoms with Crippen molar-refractivity contribution in [3.05, 3.63) is 70.0 Å². The van der Waals surface area contributed by atoms with Gasteiger partial charge < -0.3 is 5.73 Å². The Bertz CT molecular complexity index is 1020. The van der Waals surface area contributed by atoms with Crippen molar-refractivity contribution in [3.63, 3.8) is 0 Å². The molecule has 0 saturated heterocycles. The van der Waals surface area contributed by atoms with Crippen molar-refractivity contribution in [1.29, 1.82) is 0 Å². The lowest BCUT2D eigenvalue weighted by Crippen LogP contribution is -2.25. The predicted molar refractivity (Wildman–Crippen MR) is 107 cm³/mol. The molecule has 27 heavy (non-hydrogen) atoms. The topological polar surface area (TPSA) is 82.9 Å². The molecule has 2 N–H and O–H groups in total. The molecule has 0 aliphatic heterocycles. The Labute approximate surface area is 165 Å². The Morgan fingerprint density at radius 1 is 1.26 bits per heavy atom. The van der Waals surface area contributed by atoms with Gasteiger partial charge in [-0.2, -0.15) is 5.10 Å². The molecule has 1 aromatic carbocycles. The first-order valence-electron chi connectivity index (χ1n) is 7.87. The van der Waals surface area contributed by atoms with E-state index in [2.05, 4.69) is 5.10 Å². The van der Waals surface area contributed by atoms with Gasteiger partial charge in [-0.1, -0.05) is 12.1 Å². The lowest BCUT2D eigenvalue weighted by Gasteiger charge is -2.03. The molecule has 6 nitrogen and oxygen atoms in total. The number of carbonyl (C=O) groups excluding carboxylic acids is 1. The van der Waals surface area contributed by atoms with Gasteiger partial charge in [0, 0.05) is 11.4 Å². The summed E-state index contributed by atoms with van der Waals surface area (Å²) in [5.74, 6) is 0.0380. The highest BCUT2D eigenvalue weighted by atomic mass is 35.5. The zero-order valence-electron chi connectivity index (χ0n) is 14.5. The highest BCUT2D eigenvalue weighted by Crippen LogP contribution is 2.28. The first kappa shape index (κ1) is 20.8. The maximum absolute atomic E-state index is 12.7. The molecule has 0 aliphatic rings. The third-order valence-corrected chi connectivity index (χ3v) is 5.12. The summed E-state index contributed by atoms with van der Waals surface area (Å²) < 4.78 is 15.2. The smallest absolute Gasteiger partial charge is 0.327 e. The van der Waals surface area contributed by atoms with Crippen molar-refractivity contribution in [2.24, 2.45) is 5.73 Å². The summed E-state index contributed by atoms with van der Waals surface area (Å²) in [6.07, 6.45) is 1.79. The fourth-order valence-electron chi connectivity index (χ4n) is 2.43. The van der Waals surface area contributed by atoms with Gasteiger partial charge in [0.2, 0.25) is 0 Å². The molecule has 0 fully saturated rings. The quantitative estimate of drug-likeness (QED) is 0.635. The van der Waals surface area contributed by atoms with Crippen LogP contribution in [0.5, 0.6) is 0 Å². The summed E-state index contributed by atoms with van der Waals surface area (Å²) >= 11 is 1.43. The zero-order chi connectivity index (χ0) is 18.7.